The third-order valence-electron chi connectivity index (χ3n) is 5.38. The van der Waals surface area contributed by atoms with E-state index in [1.807, 2.05) is 31.2 Å². The van der Waals surface area contributed by atoms with Crippen LogP contribution in [-0.4, -0.2) is 55.5 Å². The second-order valence-corrected chi connectivity index (χ2v) is 11.1. The highest BCUT2D eigenvalue weighted by Crippen LogP contribution is 2.22. The highest BCUT2D eigenvalue weighted by atomic mass is 32.2. The molecule has 1 saturated heterocycles. The van der Waals surface area contributed by atoms with Crippen molar-refractivity contribution < 1.29 is 17.6 Å². The van der Waals surface area contributed by atoms with Gasteiger partial charge in [-0.25, -0.2) is 17.8 Å². The largest absolute Gasteiger partial charge is 0.369 e. The predicted molar refractivity (Wildman–Crippen MR) is 129 cm³/mol. The van der Waals surface area contributed by atoms with Crippen molar-refractivity contribution in [3.8, 4) is 0 Å². The van der Waals surface area contributed by atoms with Crippen molar-refractivity contribution in [3.05, 3.63) is 76.5 Å². The van der Waals surface area contributed by atoms with Gasteiger partial charge in [-0.15, -0.1) is 11.3 Å². The van der Waals surface area contributed by atoms with Crippen molar-refractivity contribution in [2.45, 2.75) is 13.3 Å². The van der Waals surface area contributed by atoms with E-state index < -0.39 is 21.7 Å². The molecule has 2 aromatic carbocycles. The van der Waals surface area contributed by atoms with Gasteiger partial charge in [-0.2, -0.15) is 4.31 Å². The lowest BCUT2D eigenvalue weighted by Gasteiger charge is -2.35. The number of nitrogens with zero attached hydrogens (tertiary/aromatic N) is 3. The monoisotopic (exact) mass is 488 g/mol. The van der Waals surface area contributed by atoms with Crippen molar-refractivity contribution in [2.75, 3.05) is 42.1 Å². The number of thiazole rings is 1. The Kier molecular flexibility index (Phi) is 7.06. The number of aryl methyl sites for hydroxylation is 1. The van der Waals surface area contributed by atoms with Gasteiger partial charge in [0.25, 0.3) is 0 Å². The van der Waals surface area contributed by atoms with Gasteiger partial charge >= 0.3 is 0 Å². The number of nitrogens with one attached hydrogen (secondary N) is 1. The van der Waals surface area contributed by atoms with Crippen molar-refractivity contribution in [2.24, 2.45) is 0 Å². The van der Waals surface area contributed by atoms with E-state index in [0.29, 0.717) is 37.7 Å². The molecule has 0 atom stereocenters. The number of anilines is 2. The van der Waals surface area contributed by atoms with Gasteiger partial charge < -0.3 is 10.2 Å². The van der Waals surface area contributed by atoms with E-state index in [4.69, 9.17) is 0 Å². The van der Waals surface area contributed by atoms with E-state index in [-0.39, 0.29) is 5.82 Å². The first kappa shape index (κ1) is 23.3. The molecule has 0 aliphatic carbocycles. The number of hydrogen-bond acceptors (Lipinski definition) is 6. The van der Waals surface area contributed by atoms with Crippen LogP contribution in [0.15, 0.2) is 54.7 Å². The predicted octanol–water partition coefficient (Wildman–Crippen LogP) is 3.27. The molecule has 1 aliphatic rings. The number of rotatable bonds is 7. The number of carbonyl (C=O) groups is 1. The second-order valence-electron chi connectivity index (χ2n) is 7.97. The van der Waals surface area contributed by atoms with E-state index in [1.54, 1.807) is 12.3 Å². The van der Waals surface area contributed by atoms with Crippen LogP contribution in [0, 0.1) is 12.7 Å². The number of benzene rings is 2. The van der Waals surface area contributed by atoms with Crippen molar-refractivity contribution >= 4 is 38.1 Å². The zero-order valence-electron chi connectivity index (χ0n) is 18.2. The number of sulfonamides is 1. The Morgan fingerprint density at radius 3 is 2.61 bits per heavy atom. The number of piperazine rings is 1. The molecule has 1 N–H and O–H groups in total. The average molecular weight is 489 g/mol. The summed E-state index contributed by atoms with van der Waals surface area (Å²) >= 11 is 1.24. The van der Waals surface area contributed by atoms with Crippen molar-refractivity contribution in [1.82, 2.24) is 9.29 Å². The normalized spacial score (nSPS) is 14.9. The standard InChI is InChI=1S/C23H25FN4O3S2/c1-17-4-2-7-20(12-17)27-8-10-28(11-9-27)33(30,31)16-22(29)26-23-25-15-21(32-23)14-18-5-3-6-19(24)13-18/h2-7,12-13,15H,8-11,14,16H2,1H3,(H,25,26,29). The fourth-order valence-electron chi connectivity index (χ4n) is 3.76. The van der Waals surface area contributed by atoms with Gasteiger partial charge in [0.15, 0.2) is 5.13 Å². The summed E-state index contributed by atoms with van der Waals surface area (Å²) < 4.78 is 40.2. The Morgan fingerprint density at radius 1 is 1.12 bits per heavy atom. The quantitative estimate of drug-likeness (QED) is 0.552. The fourth-order valence-corrected chi connectivity index (χ4v) is 5.93. The zero-order chi connectivity index (χ0) is 23.4. The summed E-state index contributed by atoms with van der Waals surface area (Å²) in [5.41, 5.74) is 3.02. The number of halogens is 1. The maximum Gasteiger partial charge on any atom is 0.242 e. The number of carbonyl (C=O) groups excluding carboxylic acids is 1. The highest BCUT2D eigenvalue weighted by Gasteiger charge is 2.29. The molecule has 0 bridgehead atoms. The Morgan fingerprint density at radius 2 is 1.88 bits per heavy atom. The summed E-state index contributed by atoms with van der Waals surface area (Å²) in [4.78, 5) is 19.5. The molecule has 1 aliphatic heterocycles. The van der Waals surface area contributed by atoms with E-state index in [0.717, 1.165) is 21.7 Å². The molecule has 1 fully saturated rings. The zero-order valence-corrected chi connectivity index (χ0v) is 19.8. The maximum absolute atomic E-state index is 13.3. The van der Waals surface area contributed by atoms with Crippen molar-refractivity contribution in [1.29, 1.82) is 0 Å². The summed E-state index contributed by atoms with van der Waals surface area (Å²) in [6.45, 7) is 3.83. The van der Waals surface area contributed by atoms with Crippen LogP contribution in [0.4, 0.5) is 15.2 Å². The Hall–Kier alpha value is -2.82. The lowest BCUT2D eigenvalue weighted by atomic mass is 10.1. The van der Waals surface area contributed by atoms with Gasteiger partial charge in [0.2, 0.25) is 15.9 Å². The molecule has 1 aromatic heterocycles. The molecule has 3 aromatic rings. The van der Waals surface area contributed by atoms with Gasteiger partial charge in [0, 0.05) is 49.4 Å². The molecular formula is C23H25FN4O3S2. The molecular weight excluding hydrogens is 463 g/mol. The third kappa shape index (κ3) is 6.16. The minimum Gasteiger partial charge on any atom is -0.369 e. The molecule has 7 nitrogen and oxygen atoms in total. The van der Waals surface area contributed by atoms with Crippen LogP contribution in [0.1, 0.15) is 16.0 Å². The van der Waals surface area contributed by atoms with Crippen LogP contribution in [0.2, 0.25) is 0 Å². The molecule has 1 amide bonds. The molecule has 0 radical (unpaired) electrons. The minimum absolute atomic E-state index is 0.310. The van der Waals surface area contributed by atoms with Crippen LogP contribution in [0.3, 0.4) is 0 Å². The van der Waals surface area contributed by atoms with E-state index in [1.165, 1.54) is 27.8 Å². The Bertz CT molecular complexity index is 1240. The number of aromatic nitrogens is 1. The van der Waals surface area contributed by atoms with Gasteiger partial charge in [-0.05, 0) is 42.3 Å². The Balaban J connectivity index is 1.30. The second kappa shape index (κ2) is 9.98. The highest BCUT2D eigenvalue weighted by molar-refractivity contribution is 7.89. The van der Waals surface area contributed by atoms with Gasteiger partial charge in [0.05, 0.1) is 0 Å². The third-order valence-corrected chi connectivity index (χ3v) is 8.07. The van der Waals surface area contributed by atoms with E-state index >= 15 is 0 Å². The van der Waals surface area contributed by atoms with Crippen molar-refractivity contribution in [3.63, 3.8) is 0 Å². The summed E-state index contributed by atoms with van der Waals surface area (Å²) in [5, 5.41) is 2.90. The van der Waals surface area contributed by atoms with Gasteiger partial charge in [-0.3, -0.25) is 4.79 Å². The smallest absolute Gasteiger partial charge is 0.242 e. The summed E-state index contributed by atoms with van der Waals surface area (Å²) in [6.07, 6.45) is 2.08. The molecule has 10 heteroatoms. The molecule has 4 rings (SSSR count). The molecule has 2 heterocycles. The lowest BCUT2D eigenvalue weighted by molar-refractivity contribution is -0.113. The topological polar surface area (TPSA) is 82.6 Å². The fraction of sp³-hybridized carbons (Fsp3) is 0.304. The van der Waals surface area contributed by atoms with Crippen LogP contribution >= 0.6 is 11.3 Å². The molecule has 0 saturated carbocycles. The first-order valence-electron chi connectivity index (χ1n) is 10.6. The number of hydrogen-bond donors (Lipinski definition) is 1. The first-order chi connectivity index (χ1) is 15.8. The lowest BCUT2D eigenvalue weighted by Crippen LogP contribution is -2.50. The average Bonchev–Trinajstić information content (AvgIpc) is 3.20. The van der Waals surface area contributed by atoms with Gasteiger partial charge in [-0.1, -0.05) is 24.3 Å². The SMILES string of the molecule is Cc1cccc(N2CCN(S(=O)(=O)CC(=O)Nc3ncc(Cc4cccc(F)c4)s3)CC2)c1. The van der Waals surface area contributed by atoms with Gasteiger partial charge in [0.1, 0.15) is 11.6 Å². The molecule has 0 spiro atoms. The molecule has 0 unspecified atom stereocenters. The van der Waals surface area contributed by atoms with Crippen LogP contribution in [-0.2, 0) is 21.2 Å². The van der Waals surface area contributed by atoms with E-state index in [2.05, 4.69) is 21.3 Å². The molecule has 174 valence electrons. The molecule has 33 heavy (non-hydrogen) atoms. The maximum atomic E-state index is 13.3. The Labute approximate surface area is 196 Å². The van der Waals surface area contributed by atoms with Crippen LogP contribution < -0.4 is 10.2 Å². The van der Waals surface area contributed by atoms with Crippen LogP contribution in [0.25, 0.3) is 0 Å². The number of amides is 1. The first-order valence-corrected chi connectivity index (χ1v) is 13.0. The van der Waals surface area contributed by atoms with Crippen LogP contribution in [0.5, 0.6) is 0 Å². The summed E-state index contributed by atoms with van der Waals surface area (Å²) in [7, 11) is -3.73. The minimum atomic E-state index is -3.73. The summed E-state index contributed by atoms with van der Waals surface area (Å²) in [5.74, 6) is -1.56. The van der Waals surface area contributed by atoms with E-state index in [9.17, 15) is 17.6 Å². The summed E-state index contributed by atoms with van der Waals surface area (Å²) in [6, 6.07) is 14.4.